The Labute approximate surface area is 178 Å². The summed E-state index contributed by atoms with van der Waals surface area (Å²) in [5.41, 5.74) is 4.19. The Balaban J connectivity index is 1.66. The van der Waals surface area contributed by atoms with E-state index in [0.717, 1.165) is 26.7 Å². The van der Waals surface area contributed by atoms with Crippen LogP contribution in [0, 0.1) is 0 Å². The van der Waals surface area contributed by atoms with Gasteiger partial charge >= 0.3 is 0 Å². The van der Waals surface area contributed by atoms with E-state index in [0.29, 0.717) is 17.8 Å². The van der Waals surface area contributed by atoms with Crippen molar-refractivity contribution >= 4 is 17.4 Å². The van der Waals surface area contributed by atoms with E-state index in [2.05, 4.69) is 0 Å². The van der Waals surface area contributed by atoms with Crippen molar-refractivity contribution in [3.05, 3.63) is 108 Å². The molecule has 0 fully saturated rings. The molecule has 0 atom stereocenters. The van der Waals surface area contributed by atoms with Crippen molar-refractivity contribution in [2.45, 2.75) is 16.3 Å². The number of rotatable bonds is 5. The van der Waals surface area contributed by atoms with Crippen LogP contribution in [-0.2, 0) is 6.42 Å². The zero-order valence-corrected chi connectivity index (χ0v) is 17.0. The van der Waals surface area contributed by atoms with Crippen LogP contribution in [0.4, 0.5) is 0 Å². The summed E-state index contributed by atoms with van der Waals surface area (Å²) >= 11 is 1.55. The van der Waals surface area contributed by atoms with E-state index in [4.69, 9.17) is 9.97 Å². The predicted octanol–water partition coefficient (Wildman–Crippen LogP) is 5.84. The summed E-state index contributed by atoms with van der Waals surface area (Å²) in [7, 11) is 0. The molecule has 5 rings (SSSR count). The molecule has 5 heteroatoms. The van der Waals surface area contributed by atoms with Gasteiger partial charge in [0.2, 0.25) is 5.88 Å². The molecule has 146 valence electrons. The average molecular weight is 410 g/mol. The van der Waals surface area contributed by atoms with Gasteiger partial charge in [0.15, 0.2) is 5.65 Å². The molecular formula is C25H19N3OS. The Morgan fingerprint density at radius 2 is 1.40 bits per heavy atom. The van der Waals surface area contributed by atoms with Gasteiger partial charge < -0.3 is 5.11 Å². The Morgan fingerprint density at radius 1 is 0.767 bits per heavy atom. The Bertz CT molecular complexity index is 1290. The lowest BCUT2D eigenvalue weighted by Crippen LogP contribution is -1.95. The highest BCUT2D eigenvalue weighted by Gasteiger charge is 2.18. The molecule has 0 spiro atoms. The molecule has 2 heterocycles. The van der Waals surface area contributed by atoms with E-state index in [1.807, 2.05) is 97.2 Å². The summed E-state index contributed by atoms with van der Waals surface area (Å²) in [6.07, 6.45) is 2.42. The normalized spacial score (nSPS) is 11.1. The molecule has 0 aliphatic heterocycles. The molecule has 4 nitrogen and oxygen atoms in total. The topological polar surface area (TPSA) is 50.4 Å². The van der Waals surface area contributed by atoms with Crippen LogP contribution >= 0.6 is 11.8 Å². The number of hydrogen-bond donors (Lipinski definition) is 1. The SMILES string of the molecule is Oc1c(Cc2ccccc2)nc2c(Sc3ccccc3)nc(-c3ccccc3)cn12. The maximum atomic E-state index is 11.0. The van der Waals surface area contributed by atoms with Gasteiger partial charge in [0.05, 0.1) is 5.69 Å². The van der Waals surface area contributed by atoms with Gasteiger partial charge in [-0.1, -0.05) is 90.6 Å². The molecule has 0 aliphatic rings. The van der Waals surface area contributed by atoms with Gasteiger partial charge in [0, 0.05) is 23.1 Å². The standard InChI is InChI=1S/C25H19N3OS/c29-25-21(16-18-10-4-1-5-11-18)26-23-24(30-20-14-8-3-9-15-20)27-22(17-28(23)25)19-12-6-2-7-13-19/h1-15,17,29H,16H2. The van der Waals surface area contributed by atoms with Crippen molar-refractivity contribution < 1.29 is 5.11 Å². The smallest absolute Gasteiger partial charge is 0.219 e. The quantitative estimate of drug-likeness (QED) is 0.396. The third-order valence-corrected chi connectivity index (χ3v) is 5.84. The maximum Gasteiger partial charge on any atom is 0.219 e. The van der Waals surface area contributed by atoms with Crippen molar-refractivity contribution in [3.8, 4) is 17.1 Å². The van der Waals surface area contributed by atoms with Crippen molar-refractivity contribution in [1.82, 2.24) is 14.4 Å². The fourth-order valence-corrected chi connectivity index (χ4v) is 4.27. The van der Waals surface area contributed by atoms with Gasteiger partial charge in [-0.3, -0.25) is 4.40 Å². The van der Waals surface area contributed by atoms with Crippen molar-refractivity contribution in [1.29, 1.82) is 0 Å². The predicted molar refractivity (Wildman–Crippen MR) is 120 cm³/mol. The zero-order chi connectivity index (χ0) is 20.3. The van der Waals surface area contributed by atoms with Crippen molar-refractivity contribution in [2.24, 2.45) is 0 Å². The van der Waals surface area contributed by atoms with Gasteiger partial charge in [0.25, 0.3) is 0 Å². The summed E-state index contributed by atoms with van der Waals surface area (Å²) in [6, 6.07) is 30.1. The third kappa shape index (κ3) is 3.67. The van der Waals surface area contributed by atoms with E-state index in [1.54, 1.807) is 16.2 Å². The van der Waals surface area contributed by atoms with Crippen LogP contribution in [0.3, 0.4) is 0 Å². The molecule has 0 radical (unpaired) electrons. The first-order valence-corrected chi connectivity index (χ1v) is 10.5. The van der Waals surface area contributed by atoms with Gasteiger partial charge in [-0.25, -0.2) is 9.97 Å². The monoisotopic (exact) mass is 409 g/mol. The van der Waals surface area contributed by atoms with Gasteiger partial charge in [0.1, 0.15) is 10.7 Å². The van der Waals surface area contributed by atoms with E-state index in [-0.39, 0.29) is 5.88 Å². The first-order chi connectivity index (χ1) is 14.8. The van der Waals surface area contributed by atoms with Crippen LogP contribution in [-0.4, -0.2) is 19.5 Å². The maximum absolute atomic E-state index is 11.0. The summed E-state index contributed by atoms with van der Waals surface area (Å²) in [4.78, 5) is 10.7. The van der Waals surface area contributed by atoms with Crippen molar-refractivity contribution in [2.75, 3.05) is 0 Å². The summed E-state index contributed by atoms with van der Waals surface area (Å²) in [5.74, 6) is 0.156. The van der Waals surface area contributed by atoms with E-state index in [1.165, 1.54) is 0 Å². The molecule has 3 aromatic carbocycles. The Morgan fingerprint density at radius 3 is 2.10 bits per heavy atom. The number of aromatic hydroxyl groups is 1. The van der Waals surface area contributed by atoms with Crippen LogP contribution in [0.15, 0.2) is 107 Å². The lowest BCUT2D eigenvalue weighted by Gasteiger charge is -2.08. The number of fused-ring (bicyclic) bond motifs is 1. The molecule has 5 aromatic rings. The van der Waals surface area contributed by atoms with E-state index < -0.39 is 0 Å². The van der Waals surface area contributed by atoms with Crippen LogP contribution in [0.1, 0.15) is 11.3 Å². The average Bonchev–Trinajstić information content (AvgIpc) is 3.11. The number of benzene rings is 3. The zero-order valence-electron chi connectivity index (χ0n) is 16.1. The lowest BCUT2D eigenvalue weighted by atomic mass is 10.1. The molecule has 2 aromatic heterocycles. The number of imidazole rings is 1. The van der Waals surface area contributed by atoms with Gasteiger partial charge in [-0.15, -0.1) is 0 Å². The highest BCUT2D eigenvalue weighted by molar-refractivity contribution is 7.99. The molecular weight excluding hydrogens is 390 g/mol. The molecule has 0 amide bonds. The first-order valence-electron chi connectivity index (χ1n) is 9.71. The van der Waals surface area contributed by atoms with Crippen LogP contribution in [0.2, 0.25) is 0 Å². The third-order valence-electron chi connectivity index (χ3n) is 4.86. The molecule has 0 bridgehead atoms. The minimum atomic E-state index is 0.156. The number of hydrogen-bond acceptors (Lipinski definition) is 4. The second-order valence-corrected chi connectivity index (χ2v) is 8.01. The lowest BCUT2D eigenvalue weighted by molar-refractivity contribution is 0.442. The van der Waals surface area contributed by atoms with Crippen LogP contribution in [0.25, 0.3) is 16.9 Å². The van der Waals surface area contributed by atoms with Crippen molar-refractivity contribution in [3.63, 3.8) is 0 Å². The highest BCUT2D eigenvalue weighted by atomic mass is 32.2. The molecule has 0 aliphatic carbocycles. The molecule has 0 saturated carbocycles. The summed E-state index contributed by atoms with van der Waals surface area (Å²) in [6.45, 7) is 0. The summed E-state index contributed by atoms with van der Waals surface area (Å²) < 4.78 is 1.75. The fraction of sp³-hybridized carbons (Fsp3) is 0.0400. The summed E-state index contributed by atoms with van der Waals surface area (Å²) in [5, 5.41) is 11.7. The van der Waals surface area contributed by atoms with Crippen LogP contribution < -0.4 is 0 Å². The molecule has 0 unspecified atom stereocenters. The van der Waals surface area contributed by atoms with Gasteiger partial charge in [-0.2, -0.15) is 0 Å². The first kappa shape index (κ1) is 18.5. The number of aromatic nitrogens is 3. The Kier molecular flexibility index (Phi) is 4.95. The number of nitrogens with zero attached hydrogens (tertiary/aromatic N) is 3. The molecule has 1 N–H and O–H groups in total. The molecule has 0 saturated heterocycles. The van der Waals surface area contributed by atoms with Gasteiger partial charge in [-0.05, 0) is 17.7 Å². The Hall–Kier alpha value is -3.57. The van der Waals surface area contributed by atoms with E-state index in [9.17, 15) is 5.11 Å². The second-order valence-electron chi connectivity index (χ2n) is 6.95. The minimum absolute atomic E-state index is 0.156. The minimum Gasteiger partial charge on any atom is -0.493 e. The van der Waals surface area contributed by atoms with Crippen LogP contribution in [0.5, 0.6) is 5.88 Å². The molecule has 30 heavy (non-hydrogen) atoms. The fourth-order valence-electron chi connectivity index (χ4n) is 3.38. The highest BCUT2D eigenvalue weighted by Crippen LogP contribution is 2.34. The largest absolute Gasteiger partial charge is 0.493 e. The second kappa shape index (κ2) is 8.05. The van der Waals surface area contributed by atoms with E-state index >= 15 is 0 Å².